The molecule has 0 bridgehead atoms. The quantitative estimate of drug-likeness (QED) is 0.0867. The van der Waals surface area contributed by atoms with Crippen molar-refractivity contribution in [2.45, 2.75) is 77.2 Å². The summed E-state index contributed by atoms with van der Waals surface area (Å²) in [6.45, 7) is 9.83. The first-order valence-electron chi connectivity index (χ1n) is 15.3. The van der Waals surface area contributed by atoms with Crippen molar-refractivity contribution in [3.05, 3.63) is 93.5 Å². The minimum Gasteiger partial charge on any atom is -0.460 e. The van der Waals surface area contributed by atoms with Gasteiger partial charge in [-0.2, -0.15) is 5.06 Å². The summed E-state index contributed by atoms with van der Waals surface area (Å²) in [5.41, 5.74) is 5.26. The lowest BCUT2D eigenvalue weighted by molar-refractivity contribution is -0.385. The van der Waals surface area contributed by atoms with Gasteiger partial charge in [0, 0.05) is 24.8 Å². The maximum atomic E-state index is 13.5. The zero-order chi connectivity index (χ0) is 35.4. The fraction of sp³-hybridized carbons (Fsp3) is 0.371. The minimum absolute atomic E-state index is 0.0103. The Bertz CT molecular complexity index is 1680. The number of nitro groups is 1. The van der Waals surface area contributed by atoms with Crippen molar-refractivity contribution in [2.75, 3.05) is 11.7 Å². The maximum Gasteiger partial charge on any atom is 0.347 e. The van der Waals surface area contributed by atoms with Gasteiger partial charge in [0.1, 0.15) is 16.8 Å². The van der Waals surface area contributed by atoms with Crippen LogP contribution in [0.5, 0.6) is 0 Å². The summed E-state index contributed by atoms with van der Waals surface area (Å²) in [7, 11) is 0. The van der Waals surface area contributed by atoms with Crippen LogP contribution in [0.25, 0.3) is 11.1 Å². The number of hydroxylamine groups is 1. The van der Waals surface area contributed by atoms with Crippen molar-refractivity contribution in [1.82, 2.24) is 5.32 Å². The molecule has 4 rings (SSSR count). The number of benzene rings is 3. The number of hydrogen-bond donors (Lipinski definition) is 2. The van der Waals surface area contributed by atoms with Gasteiger partial charge in [-0.15, -0.1) is 0 Å². The first-order valence-corrected chi connectivity index (χ1v) is 15.3. The van der Waals surface area contributed by atoms with Gasteiger partial charge in [-0.1, -0.05) is 48.5 Å². The summed E-state index contributed by atoms with van der Waals surface area (Å²) in [5.74, 6) is -3.01. The summed E-state index contributed by atoms with van der Waals surface area (Å²) in [5, 5.41) is 15.3. The van der Waals surface area contributed by atoms with E-state index in [4.69, 9.17) is 20.0 Å². The summed E-state index contributed by atoms with van der Waals surface area (Å²) < 4.78 is 10.7. The van der Waals surface area contributed by atoms with Crippen molar-refractivity contribution in [3.63, 3.8) is 0 Å². The Morgan fingerprint density at radius 2 is 1.48 bits per heavy atom. The van der Waals surface area contributed by atoms with Crippen LogP contribution in [0.1, 0.15) is 81.8 Å². The van der Waals surface area contributed by atoms with E-state index < -0.39 is 57.3 Å². The molecule has 13 nitrogen and oxygen atoms in total. The third kappa shape index (κ3) is 8.41. The molecule has 0 saturated carbocycles. The molecular weight excluding hydrogens is 620 g/mol. The smallest absolute Gasteiger partial charge is 0.347 e. The lowest BCUT2D eigenvalue weighted by Gasteiger charge is -2.32. The first-order chi connectivity index (χ1) is 22.4. The van der Waals surface area contributed by atoms with E-state index in [1.54, 1.807) is 41.5 Å². The van der Waals surface area contributed by atoms with Gasteiger partial charge in [-0.3, -0.25) is 35.1 Å². The second-order valence-corrected chi connectivity index (χ2v) is 13.4. The molecule has 0 heterocycles. The second-order valence-electron chi connectivity index (χ2n) is 13.4. The number of anilines is 1. The van der Waals surface area contributed by atoms with Crippen LogP contribution in [0.4, 0.5) is 11.4 Å². The van der Waals surface area contributed by atoms with Gasteiger partial charge in [0.25, 0.3) is 11.6 Å². The van der Waals surface area contributed by atoms with Gasteiger partial charge < -0.3 is 14.8 Å². The molecule has 1 atom stereocenters. The number of ether oxygens (including phenoxy) is 2. The van der Waals surface area contributed by atoms with Gasteiger partial charge in [-0.05, 0) is 75.9 Å². The molecule has 3 aromatic carbocycles. The summed E-state index contributed by atoms with van der Waals surface area (Å²) in [6.07, 6.45) is -0.416. The molecule has 13 heteroatoms. The minimum atomic E-state index is -2.25. The lowest BCUT2D eigenvalue weighted by atomic mass is 9.98. The predicted octanol–water partition coefficient (Wildman–Crippen LogP) is 5.15. The predicted molar refractivity (Wildman–Crippen MR) is 177 cm³/mol. The standard InChI is InChI=1S/C35H40N4O9/c1-33(2,3)47-30(41)17-18-35(36,32(43)48-34(4,5)6)37-31(42)27-16-15-22(19-29(27)39(44)45)38(21-40)46-20-28-25-13-9-7-11-23(25)24-12-8-10-14-26(24)28/h7-16,19,21,28H,17-18,20,36H2,1-6H3,(H,37,42)/t35-/m1/s1. The van der Waals surface area contributed by atoms with Crippen molar-refractivity contribution in [3.8, 4) is 11.1 Å². The number of nitrogens with two attached hydrogens (primary N) is 1. The molecule has 0 radical (unpaired) electrons. The molecule has 2 amide bonds. The zero-order valence-corrected chi connectivity index (χ0v) is 27.8. The molecule has 1 aliphatic rings. The number of nitrogens with one attached hydrogen (secondary N) is 1. The Morgan fingerprint density at radius 3 is 2.00 bits per heavy atom. The zero-order valence-electron chi connectivity index (χ0n) is 27.8. The highest BCUT2D eigenvalue weighted by Gasteiger charge is 2.41. The lowest BCUT2D eigenvalue weighted by Crippen LogP contribution is -2.63. The summed E-state index contributed by atoms with van der Waals surface area (Å²) >= 11 is 0. The van der Waals surface area contributed by atoms with Gasteiger partial charge in [0.05, 0.1) is 17.2 Å². The van der Waals surface area contributed by atoms with E-state index in [2.05, 4.69) is 5.32 Å². The maximum absolute atomic E-state index is 13.5. The molecule has 0 fully saturated rings. The number of esters is 2. The van der Waals surface area contributed by atoms with E-state index in [1.807, 2.05) is 48.5 Å². The fourth-order valence-corrected chi connectivity index (χ4v) is 5.31. The van der Waals surface area contributed by atoms with Crippen molar-refractivity contribution in [1.29, 1.82) is 0 Å². The monoisotopic (exact) mass is 660 g/mol. The van der Waals surface area contributed by atoms with Crippen molar-refractivity contribution < 1.29 is 38.4 Å². The van der Waals surface area contributed by atoms with Crippen LogP contribution in [0.2, 0.25) is 0 Å². The number of fused-ring (bicyclic) bond motifs is 3. The van der Waals surface area contributed by atoms with E-state index in [0.717, 1.165) is 39.4 Å². The largest absolute Gasteiger partial charge is 0.460 e. The molecule has 3 N–H and O–H groups in total. The highest BCUT2D eigenvalue weighted by atomic mass is 16.7. The van der Waals surface area contributed by atoms with Crippen LogP contribution < -0.4 is 16.1 Å². The Hall–Kier alpha value is -5.14. The normalized spacial score (nSPS) is 13.8. The molecule has 0 saturated heterocycles. The molecular formula is C35H40N4O9. The summed E-state index contributed by atoms with van der Waals surface area (Å²) in [4.78, 5) is 68.4. The number of amides is 2. The van der Waals surface area contributed by atoms with Crippen LogP contribution >= 0.6 is 0 Å². The molecule has 0 aliphatic heterocycles. The summed E-state index contributed by atoms with van der Waals surface area (Å²) in [6, 6.07) is 19.1. The van der Waals surface area contributed by atoms with Crippen LogP contribution in [-0.4, -0.2) is 52.7 Å². The van der Waals surface area contributed by atoms with Gasteiger partial charge >= 0.3 is 11.9 Å². The van der Waals surface area contributed by atoms with Gasteiger partial charge in [-0.25, -0.2) is 4.79 Å². The number of nitrogens with zero attached hydrogens (tertiary/aromatic N) is 2. The number of carbonyl (C=O) groups is 4. The van der Waals surface area contributed by atoms with E-state index in [9.17, 15) is 29.3 Å². The third-order valence-corrected chi connectivity index (χ3v) is 7.36. The number of carbonyl (C=O) groups excluding carboxylic acids is 4. The molecule has 0 unspecified atom stereocenters. The van der Waals surface area contributed by atoms with Crippen LogP contribution in [0, 0.1) is 10.1 Å². The molecule has 48 heavy (non-hydrogen) atoms. The van der Waals surface area contributed by atoms with E-state index in [1.165, 1.54) is 6.07 Å². The SMILES string of the molecule is CC(C)(C)OC(=O)CC[C@@](N)(NC(=O)c1ccc(N(C=O)OCC2c3ccccc3-c3ccccc32)cc1[N+](=O)[O-])C(=O)OC(C)(C)C. The third-order valence-electron chi connectivity index (χ3n) is 7.36. The average Bonchev–Trinajstić information content (AvgIpc) is 3.32. The number of hydrogen-bond acceptors (Lipinski definition) is 10. The Balaban J connectivity index is 1.57. The van der Waals surface area contributed by atoms with E-state index in [-0.39, 0.29) is 24.6 Å². The van der Waals surface area contributed by atoms with E-state index in [0.29, 0.717) is 6.41 Å². The Labute approximate surface area is 278 Å². The average molecular weight is 661 g/mol. The first kappa shape index (κ1) is 35.7. The molecule has 3 aromatic rings. The highest BCUT2D eigenvalue weighted by Crippen LogP contribution is 2.44. The second kappa shape index (κ2) is 13.9. The Kier molecular flexibility index (Phi) is 10.4. The van der Waals surface area contributed by atoms with Crippen LogP contribution in [0.15, 0.2) is 66.7 Å². The van der Waals surface area contributed by atoms with Crippen molar-refractivity contribution in [2.24, 2.45) is 5.73 Å². The van der Waals surface area contributed by atoms with Crippen molar-refractivity contribution >= 4 is 35.6 Å². The van der Waals surface area contributed by atoms with E-state index >= 15 is 0 Å². The molecule has 254 valence electrons. The molecule has 1 aliphatic carbocycles. The van der Waals surface area contributed by atoms with Gasteiger partial charge in [0.2, 0.25) is 6.41 Å². The van der Waals surface area contributed by atoms with Gasteiger partial charge in [0.15, 0.2) is 5.66 Å². The molecule has 0 aromatic heterocycles. The number of rotatable bonds is 12. The van der Waals surface area contributed by atoms with Crippen LogP contribution in [-0.2, 0) is 28.7 Å². The fourth-order valence-electron chi connectivity index (χ4n) is 5.31. The highest BCUT2D eigenvalue weighted by molar-refractivity contribution is 6.01. The Morgan fingerprint density at radius 1 is 0.917 bits per heavy atom. The molecule has 0 spiro atoms. The van der Waals surface area contributed by atoms with Crippen LogP contribution in [0.3, 0.4) is 0 Å². The topological polar surface area (TPSA) is 180 Å². The number of nitro benzene ring substituents is 1.